The van der Waals surface area contributed by atoms with Crippen molar-refractivity contribution < 1.29 is 4.74 Å². The Labute approximate surface area is 98.8 Å². The Hall–Kier alpha value is -1.82. The Kier molecular flexibility index (Phi) is 5.07. The summed E-state index contributed by atoms with van der Waals surface area (Å²) >= 11 is 5.88. The zero-order chi connectivity index (χ0) is 11.8. The number of halogens is 1. The first kappa shape index (κ1) is 12.3. The lowest BCUT2D eigenvalue weighted by Crippen LogP contribution is -1.84. The number of hydrogen-bond acceptors (Lipinski definition) is 2. The van der Waals surface area contributed by atoms with E-state index in [0.29, 0.717) is 23.7 Å². The van der Waals surface area contributed by atoms with Gasteiger partial charge in [-0.15, -0.1) is 0 Å². The maximum Gasteiger partial charge on any atom is 0.121 e. The highest BCUT2D eigenvalue weighted by Gasteiger charge is 1.96. The first-order chi connectivity index (χ1) is 7.76. The molecule has 1 rings (SSSR count). The molecular weight excluding hydrogens is 226 g/mol. The van der Waals surface area contributed by atoms with Crippen molar-refractivity contribution in [3.8, 4) is 17.6 Å². The second-order valence-corrected chi connectivity index (χ2v) is 3.32. The van der Waals surface area contributed by atoms with Gasteiger partial charge in [-0.3, -0.25) is 0 Å². The van der Waals surface area contributed by atoms with E-state index in [-0.39, 0.29) is 0 Å². The molecule has 0 saturated heterocycles. The van der Waals surface area contributed by atoms with Crippen LogP contribution in [0.5, 0.6) is 5.75 Å². The molecule has 0 aromatic heterocycles. The lowest BCUT2D eigenvalue weighted by molar-refractivity contribution is 0.414. The van der Waals surface area contributed by atoms with Gasteiger partial charge in [0.15, 0.2) is 0 Å². The van der Waals surface area contributed by atoms with Gasteiger partial charge in [0.25, 0.3) is 0 Å². The monoisotopic (exact) mass is 235 g/mol. The molecule has 0 amide bonds. The largest absolute Gasteiger partial charge is 0.497 e. The van der Waals surface area contributed by atoms with Gasteiger partial charge in [-0.2, -0.15) is 0 Å². The molecule has 82 valence electrons. The molecule has 1 aromatic carbocycles. The molecule has 0 atom stereocenters. The number of azide groups is 1. The molecule has 0 fully saturated rings. The van der Waals surface area contributed by atoms with Gasteiger partial charge in [-0.05, 0) is 23.7 Å². The molecular formula is C11H10ClN3O. The molecule has 4 nitrogen and oxygen atoms in total. The Bertz CT molecular complexity index is 470. The van der Waals surface area contributed by atoms with Gasteiger partial charge in [-0.25, -0.2) is 0 Å². The van der Waals surface area contributed by atoms with E-state index in [4.69, 9.17) is 21.9 Å². The van der Waals surface area contributed by atoms with Crippen molar-refractivity contribution in [3.63, 3.8) is 0 Å². The third-order valence-electron chi connectivity index (χ3n) is 1.74. The molecule has 0 N–H and O–H groups in total. The van der Waals surface area contributed by atoms with Crippen LogP contribution >= 0.6 is 11.6 Å². The molecule has 1 aromatic rings. The molecule has 0 unspecified atom stereocenters. The first-order valence-electron chi connectivity index (χ1n) is 4.60. The predicted octanol–water partition coefficient (Wildman–Crippen LogP) is 3.40. The van der Waals surface area contributed by atoms with Crippen LogP contribution in [0.2, 0.25) is 5.02 Å². The van der Waals surface area contributed by atoms with Crippen LogP contribution < -0.4 is 4.74 Å². The lowest BCUT2D eigenvalue weighted by Gasteiger charge is -2.00. The topological polar surface area (TPSA) is 58.0 Å². The van der Waals surface area contributed by atoms with Gasteiger partial charge in [-0.1, -0.05) is 28.6 Å². The fraction of sp³-hybridized carbons (Fsp3) is 0.273. The quantitative estimate of drug-likeness (QED) is 0.260. The van der Waals surface area contributed by atoms with Crippen LogP contribution in [-0.2, 0) is 0 Å². The maximum absolute atomic E-state index is 8.06. The number of ether oxygens (including phenoxy) is 1. The van der Waals surface area contributed by atoms with Crippen molar-refractivity contribution in [2.24, 2.45) is 5.11 Å². The second kappa shape index (κ2) is 6.62. The summed E-state index contributed by atoms with van der Waals surface area (Å²) in [5.74, 6) is 6.48. The molecule has 0 aliphatic heterocycles. The van der Waals surface area contributed by atoms with Crippen LogP contribution in [0.3, 0.4) is 0 Å². The van der Waals surface area contributed by atoms with Gasteiger partial charge in [0.1, 0.15) is 5.75 Å². The molecule has 0 aliphatic rings. The van der Waals surface area contributed by atoms with Gasteiger partial charge in [0.2, 0.25) is 0 Å². The van der Waals surface area contributed by atoms with Gasteiger partial charge in [0, 0.05) is 28.5 Å². The number of rotatable bonds is 3. The summed E-state index contributed by atoms with van der Waals surface area (Å²) in [6, 6.07) is 5.27. The molecule has 0 radical (unpaired) electrons. The summed E-state index contributed by atoms with van der Waals surface area (Å²) in [7, 11) is 1.57. The Morgan fingerprint density at radius 2 is 2.31 bits per heavy atom. The zero-order valence-corrected chi connectivity index (χ0v) is 9.53. The van der Waals surface area contributed by atoms with Crippen molar-refractivity contribution in [2.45, 2.75) is 6.42 Å². The van der Waals surface area contributed by atoms with Crippen LogP contribution in [0.25, 0.3) is 10.4 Å². The third-order valence-corrected chi connectivity index (χ3v) is 1.96. The van der Waals surface area contributed by atoms with Crippen molar-refractivity contribution in [2.75, 3.05) is 13.7 Å². The molecule has 0 saturated carbocycles. The van der Waals surface area contributed by atoms with Crippen LogP contribution in [0, 0.1) is 11.8 Å². The summed E-state index contributed by atoms with van der Waals surface area (Å²) in [5.41, 5.74) is 8.85. The standard InChI is InChI=1S/C11H10ClN3O/c1-16-11-7-9(6-10(12)8-11)4-2-3-5-14-15-13/h6-8H,3,5H2,1H3. The highest BCUT2D eigenvalue weighted by atomic mass is 35.5. The Balaban J connectivity index is 2.72. The fourth-order valence-corrected chi connectivity index (χ4v) is 1.29. The molecule has 16 heavy (non-hydrogen) atoms. The molecule has 0 spiro atoms. The average molecular weight is 236 g/mol. The van der Waals surface area contributed by atoms with Gasteiger partial charge >= 0.3 is 0 Å². The first-order valence-corrected chi connectivity index (χ1v) is 4.98. The summed E-state index contributed by atoms with van der Waals surface area (Å²) in [6.07, 6.45) is 0.527. The maximum atomic E-state index is 8.06. The third kappa shape index (κ3) is 4.14. The Morgan fingerprint density at radius 1 is 1.50 bits per heavy atom. The smallest absolute Gasteiger partial charge is 0.121 e. The number of benzene rings is 1. The molecule has 0 aliphatic carbocycles. The molecule has 0 bridgehead atoms. The minimum absolute atomic E-state index is 0.376. The van der Waals surface area contributed by atoms with Crippen molar-refractivity contribution in [3.05, 3.63) is 39.2 Å². The normalized spacial score (nSPS) is 8.62. The summed E-state index contributed by atoms with van der Waals surface area (Å²) in [6.45, 7) is 0.376. The fourth-order valence-electron chi connectivity index (χ4n) is 1.07. The highest BCUT2D eigenvalue weighted by Crippen LogP contribution is 2.19. The van der Waals surface area contributed by atoms with Crippen molar-refractivity contribution >= 4 is 11.6 Å². The van der Waals surface area contributed by atoms with Crippen molar-refractivity contribution in [1.82, 2.24) is 0 Å². The Morgan fingerprint density at radius 3 is 3.00 bits per heavy atom. The van der Waals surface area contributed by atoms with E-state index in [1.54, 1.807) is 25.3 Å². The van der Waals surface area contributed by atoms with Gasteiger partial charge < -0.3 is 4.74 Å². The minimum Gasteiger partial charge on any atom is -0.497 e. The highest BCUT2D eigenvalue weighted by molar-refractivity contribution is 6.30. The summed E-state index contributed by atoms with van der Waals surface area (Å²) < 4.78 is 5.06. The van der Waals surface area contributed by atoms with E-state index < -0.39 is 0 Å². The molecule has 5 heteroatoms. The average Bonchev–Trinajstić information content (AvgIpc) is 2.28. The van der Waals surface area contributed by atoms with Crippen LogP contribution in [0.1, 0.15) is 12.0 Å². The number of nitrogens with zero attached hydrogens (tertiary/aromatic N) is 3. The summed E-state index contributed by atoms with van der Waals surface area (Å²) in [5, 5.41) is 3.96. The van der Waals surface area contributed by atoms with E-state index in [9.17, 15) is 0 Å². The van der Waals surface area contributed by atoms with E-state index in [2.05, 4.69) is 21.9 Å². The van der Waals surface area contributed by atoms with Crippen LogP contribution in [0.15, 0.2) is 23.3 Å². The van der Waals surface area contributed by atoms with E-state index in [1.807, 2.05) is 0 Å². The van der Waals surface area contributed by atoms with E-state index in [1.165, 1.54) is 0 Å². The van der Waals surface area contributed by atoms with Gasteiger partial charge in [0.05, 0.1) is 7.11 Å². The number of methoxy groups -OCH3 is 1. The van der Waals surface area contributed by atoms with E-state index in [0.717, 1.165) is 5.56 Å². The van der Waals surface area contributed by atoms with E-state index >= 15 is 0 Å². The summed E-state index contributed by atoms with van der Waals surface area (Å²) in [4.78, 5) is 2.64. The SMILES string of the molecule is COc1cc(Cl)cc(C#CCCN=[N+]=[N-])c1. The lowest BCUT2D eigenvalue weighted by atomic mass is 10.2. The predicted molar refractivity (Wildman–Crippen MR) is 63.5 cm³/mol. The van der Waals surface area contributed by atoms with Crippen LogP contribution in [0.4, 0.5) is 0 Å². The zero-order valence-electron chi connectivity index (χ0n) is 8.77. The second-order valence-electron chi connectivity index (χ2n) is 2.89. The number of hydrogen-bond donors (Lipinski definition) is 0. The molecule has 0 heterocycles. The van der Waals surface area contributed by atoms with Crippen molar-refractivity contribution in [1.29, 1.82) is 0 Å². The van der Waals surface area contributed by atoms with Crippen LogP contribution in [-0.4, -0.2) is 13.7 Å². The minimum atomic E-state index is 0.376.